The molecule has 2 rings (SSSR count). The maximum absolute atomic E-state index is 12.1. The Hall–Kier alpha value is -1.37. The molecule has 0 spiro atoms. The van der Waals surface area contributed by atoms with Gasteiger partial charge in [0.15, 0.2) is 0 Å². The van der Waals surface area contributed by atoms with Crippen molar-refractivity contribution in [2.75, 3.05) is 10.6 Å². The van der Waals surface area contributed by atoms with E-state index >= 15 is 0 Å². The molecule has 0 aliphatic carbocycles. The molecule has 5 nitrogen and oxygen atoms in total. The number of halogens is 2. The molecule has 0 saturated carbocycles. The number of benzene rings is 1. The molecular formula is C13H14Cl2N4OS. The average Bonchev–Trinajstić information content (AvgIpc) is 2.85. The lowest BCUT2D eigenvalue weighted by Gasteiger charge is -2.14. The van der Waals surface area contributed by atoms with E-state index in [1.807, 2.05) is 6.92 Å². The lowest BCUT2D eigenvalue weighted by molar-refractivity contribution is -0.116. The first-order valence-electron chi connectivity index (χ1n) is 6.33. The lowest BCUT2D eigenvalue weighted by atomic mass is 10.2. The first kappa shape index (κ1) is 16.0. The fourth-order valence-corrected chi connectivity index (χ4v) is 2.82. The van der Waals surface area contributed by atoms with Gasteiger partial charge in [-0.25, -0.2) is 0 Å². The van der Waals surface area contributed by atoms with E-state index in [0.29, 0.717) is 20.9 Å². The van der Waals surface area contributed by atoms with Crippen LogP contribution in [-0.4, -0.2) is 22.1 Å². The number of hydrogen-bond donors (Lipinski definition) is 2. The third-order valence-corrected chi connectivity index (χ3v) is 4.06. The Morgan fingerprint density at radius 2 is 1.95 bits per heavy atom. The van der Waals surface area contributed by atoms with Gasteiger partial charge >= 0.3 is 0 Å². The highest BCUT2D eigenvalue weighted by molar-refractivity contribution is 7.15. The van der Waals surface area contributed by atoms with E-state index in [1.165, 1.54) is 11.3 Å². The van der Waals surface area contributed by atoms with E-state index in [2.05, 4.69) is 20.8 Å². The second-order valence-electron chi connectivity index (χ2n) is 4.37. The van der Waals surface area contributed by atoms with Crippen LogP contribution in [0.4, 0.5) is 10.8 Å². The molecule has 8 heteroatoms. The fraction of sp³-hybridized carbons (Fsp3) is 0.308. The standard InChI is InChI=1S/C13H14Cl2N4OS/c1-3-11-18-19-13(21-11)17-12(20)7(2)16-10-5-8(14)4-9(15)6-10/h4-7,16H,3H2,1-2H3,(H,17,19,20)/t7-/m1/s1. The van der Waals surface area contributed by atoms with Gasteiger partial charge in [-0.3, -0.25) is 10.1 Å². The second kappa shape index (κ2) is 7.06. The third-order valence-electron chi connectivity index (χ3n) is 2.64. The van der Waals surface area contributed by atoms with Gasteiger partial charge in [0.2, 0.25) is 11.0 Å². The van der Waals surface area contributed by atoms with Crippen molar-refractivity contribution in [3.63, 3.8) is 0 Å². The molecule has 0 aliphatic rings. The van der Waals surface area contributed by atoms with Crippen LogP contribution in [0.1, 0.15) is 18.9 Å². The Kier molecular flexibility index (Phi) is 5.39. The van der Waals surface area contributed by atoms with Crippen molar-refractivity contribution in [2.24, 2.45) is 0 Å². The number of hydrogen-bond acceptors (Lipinski definition) is 5. The monoisotopic (exact) mass is 344 g/mol. The molecule has 1 heterocycles. The maximum atomic E-state index is 12.1. The summed E-state index contributed by atoms with van der Waals surface area (Å²) in [7, 11) is 0. The van der Waals surface area contributed by atoms with Crippen LogP contribution in [0.2, 0.25) is 10.0 Å². The Balaban J connectivity index is 1.98. The van der Waals surface area contributed by atoms with Gasteiger partial charge in [-0.1, -0.05) is 41.5 Å². The number of aryl methyl sites for hydroxylation is 1. The summed E-state index contributed by atoms with van der Waals surface area (Å²) < 4.78 is 0. The average molecular weight is 345 g/mol. The van der Waals surface area contributed by atoms with Gasteiger partial charge in [0.05, 0.1) is 0 Å². The molecule has 0 radical (unpaired) electrons. The largest absolute Gasteiger partial charge is 0.374 e. The van der Waals surface area contributed by atoms with Gasteiger partial charge in [0.25, 0.3) is 0 Å². The van der Waals surface area contributed by atoms with Crippen LogP contribution in [0, 0.1) is 0 Å². The van der Waals surface area contributed by atoms with E-state index in [-0.39, 0.29) is 5.91 Å². The van der Waals surface area contributed by atoms with Crippen LogP contribution in [0.15, 0.2) is 18.2 Å². The Morgan fingerprint density at radius 1 is 1.29 bits per heavy atom. The number of amides is 1. The van der Waals surface area contributed by atoms with E-state index in [9.17, 15) is 4.79 Å². The summed E-state index contributed by atoms with van der Waals surface area (Å²) in [5, 5.41) is 16.0. The van der Waals surface area contributed by atoms with Crippen molar-refractivity contribution < 1.29 is 4.79 Å². The topological polar surface area (TPSA) is 66.9 Å². The highest BCUT2D eigenvalue weighted by Gasteiger charge is 2.15. The molecule has 1 aromatic carbocycles. The normalized spacial score (nSPS) is 12.0. The fourth-order valence-electron chi connectivity index (χ4n) is 1.61. The molecule has 0 unspecified atom stereocenters. The molecule has 112 valence electrons. The van der Waals surface area contributed by atoms with Crippen molar-refractivity contribution in [2.45, 2.75) is 26.3 Å². The molecule has 21 heavy (non-hydrogen) atoms. The highest BCUT2D eigenvalue weighted by atomic mass is 35.5. The maximum Gasteiger partial charge on any atom is 0.248 e. The SMILES string of the molecule is CCc1nnc(NC(=O)[C@@H](C)Nc2cc(Cl)cc(Cl)c2)s1. The number of carbonyl (C=O) groups excluding carboxylic acids is 1. The third kappa shape index (κ3) is 4.56. The van der Waals surface area contributed by atoms with Crippen molar-refractivity contribution >= 4 is 51.3 Å². The molecular weight excluding hydrogens is 331 g/mol. The molecule has 0 saturated heterocycles. The smallest absolute Gasteiger partial charge is 0.248 e. The number of aromatic nitrogens is 2. The summed E-state index contributed by atoms with van der Waals surface area (Å²) in [4.78, 5) is 12.1. The first-order chi connectivity index (χ1) is 9.97. The van der Waals surface area contributed by atoms with Crippen LogP contribution in [0.25, 0.3) is 0 Å². The summed E-state index contributed by atoms with van der Waals surface area (Å²) >= 11 is 13.2. The van der Waals surface area contributed by atoms with Gasteiger partial charge in [-0.2, -0.15) is 0 Å². The van der Waals surface area contributed by atoms with E-state index in [1.54, 1.807) is 25.1 Å². The van der Waals surface area contributed by atoms with Crippen LogP contribution in [0.3, 0.4) is 0 Å². The predicted octanol–water partition coefficient (Wildman–Crippen LogP) is 3.85. The van der Waals surface area contributed by atoms with Crippen LogP contribution >= 0.6 is 34.5 Å². The summed E-state index contributed by atoms with van der Waals surface area (Å²) in [5.41, 5.74) is 0.682. The van der Waals surface area contributed by atoms with Crippen LogP contribution in [0.5, 0.6) is 0 Å². The Morgan fingerprint density at radius 3 is 2.52 bits per heavy atom. The van der Waals surface area contributed by atoms with Crippen molar-refractivity contribution in [3.8, 4) is 0 Å². The Labute approximate surface area is 136 Å². The lowest BCUT2D eigenvalue weighted by Crippen LogP contribution is -2.31. The zero-order chi connectivity index (χ0) is 15.4. The van der Waals surface area contributed by atoms with Gasteiger partial charge in [-0.05, 0) is 31.5 Å². The van der Waals surface area contributed by atoms with Crippen LogP contribution in [-0.2, 0) is 11.2 Å². The minimum absolute atomic E-state index is 0.204. The highest BCUT2D eigenvalue weighted by Crippen LogP contribution is 2.23. The van der Waals surface area contributed by atoms with Gasteiger partial charge in [0, 0.05) is 15.7 Å². The molecule has 1 atom stereocenters. The predicted molar refractivity (Wildman–Crippen MR) is 87.5 cm³/mol. The van der Waals surface area contributed by atoms with E-state index in [4.69, 9.17) is 23.2 Å². The minimum Gasteiger partial charge on any atom is -0.374 e. The quantitative estimate of drug-likeness (QED) is 0.864. The Bertz CT molecular complexity index is 627. The second-order valence-corrected chi connectivity index (χ2v) is 6.30. The molecule has 2 N–H and O–H groups in total. The molecule has 2 aromatic rings. The molecule has 1 aromatic heterocycles. The zero-order valence-electron chi connectivity index (χ0n) is 11.5. The number of rotatable bonds is 5. The van der Waals surface area contributed by atoms with Crippen molar-refractivity contribution in [3.05, 3.63) is 33.3 Å². The number of anilines is 2. The summed E-state index contributed by atoms with van der Waals surface area (Å²) in [6.07, 6.45) is 0.794. The van der Waals surface area contributed by atoms with Gasteiger partial charge in [0.1, 0.15) is 11.0 Å². The molecule has 0 bridgehead atoms. The van der Waals surface area contributed by atoms with E-state index in [0.717, 1.165) is 11.4 Å². The summed E-state index contributed by atoms with van der Waals surface area (Å²) in [6.45, 7) is 3.73. The van der Waals surface area contributed by atoms with Gasteiger partial charge < -0.3 is 5.32 Å². The first-order valence-corrected chi connectivity index (χ1v) is 7.91. The zero-order valence-corrected chi connectivity index (χ0v) is 13.8. The molecule has 0 fully saturated rings. The summed E-state index contributed by atoms with van der Waals surface area (Å²) in [5.74, 6) is -0.204. The van der Waals surface area contributed by atoms with Gasteiger partial charge in [-0.15, -0.1) is 10.2 Å². The van der Waals surface area contributed by atoms with E-state index < -0.39 is 6.04 Å². The number of nitrogens with zero attached hydrogens (tertiary/aromatic N) is 2. The molecule has 1 amide bonds. The number of carbonyl (C=O) groups is 1. The van der Waals surface area contributed by atoms with Crippen LogP contribution < -0.4 is 10.6 Å². The molecule has 0 aliphatic heterocycles. The summed E-state index contributed by atoms with van der Waals surface area (Å²) in [6, 6.07) is 4.58. The van der Waals surface area contributed by atoms with Crippen molar-refractivity contribution in [1.82, 2.24) is 10.2 Å². The van der Waals surface area contributed by atoms with Crippen molar-refractivity contribution in [1.29, 1.82) is 0 Å². The minimum atomic E-state index is -0.464. The number of nitrogens with one attached hydrogen (secondary N) is 2.